The average Bonchev–Trinajstić information content (AvgIpc) is 3.44. The van der Waals surface area contributed by atoms with Gasteiger partial charge in [0, 0.05) is 6.07 Å². The van der Waals surface area contributed by atoms with Gasteiger partial charge in [0.25, 0.3) is 0 Å². The topological polar surface area (TPSA) is 94.3 Å². The third-order valence-corrected chi connectivity index (χ3v) is 6.99. The van der Waals surface area contributed by atoms with Crippen molar-refractivity contribution in [3.63, 3.8) is 0 Å². The molecule has 0 amide bonds. The number of ether oxygens (including phenoxy) is 2. The summed E-state index contributed by atoms with van der Waals surface area (Å²) in [6.45, 7) is 0.481. The molecule has 1 atom stereocenters. The molecular weight excluding hydrogens is 526 g/mol. The van der Waals surface area contributed by atoms with Gasteiger partial charge >= 0.3 is 6.01 Å². The van der Waals surface area contributed by atoms with Gasteiger partial charge in [-0.1, -0.05) is 91.0 Å². The van der Waals surface area contributed by atoms with Crippen LogP contribution < -0.4 is 14.8 Å². The second-order valence-corrected chi connectivity index (χ2v) is 9.96. The number of methoxy groups -OCH3 is 1. The molecule has 0 aliphatic carbocycles. The number of anilines is 1. The molecule has 2 N–H and O–H groups in total. The van der Waals surface area contributed by atoms with Gasteiger partial charge in [-0.25, -0.2) is 4.98 Å². The number of aliphatic hydroxyl groups is 1. The normalized spacial score (nSPS) is 11.8. The number of nitrogens with one attached hydrogen (secondary N) is 1. The van der Waals surface area contributed by atoms with E-state index in [0.717, 1.165) is 16.7 Å². The highest BCUT2D eigenvalue weighted by atomic mass is 16.5. The molecule has 0 saturated heterocycles. The van der Waals surface area contributed by atoms with E-state index in [1.807, 2.05) is 71.3 Å². The molecular formula is C34H31N5O3. The van der Waals surface area contributed by atoms with Crippen molar-refractivity contribution >= 4 is 17.0 Å². The van der Waals surface area contributed by atoms with Gasteiger partial charge in [-0.3, -0.25) is 0 Å². The Kier molecular flexibility index (Phi) is 8.05. The van der Waals surface area contributed by atoms with Crippen LogP contribution in [-0.4, -0.2) is 44.4 Å². The Hall–Kier alpha value is -5.21. The Bertz CT molecular complexity index is 1760. The summed E-state index contributed by atoms with van der Waals surface area (Å²) in [5, 5.41) is 13.6. The van der Waals surface area contributed by atoms with E-state index in [9.17, 15) is 5.11 Å². The Morgan fingerprint density at radius 2 is 1.50 bits per heavy atom. The van der Waals surface area contributed by atoms with Crippen molar-refractivity contribution in [1.29, 1.82) is 0 Å². The molecule has 2 aromatic heterocycles. The Morgan fingerprint density at radius 3 is 2.24 bits per heavy atom. The summed E-state index contributed by atoms with van der Waals surface area (Å²) in [5.41, 5.74) is 5.76. The molecule has 0 fully saturated rings. The molecule has 0 aliphatic heterocycles. The van der Waals surface area contributed by atoms with Crippen molar-refractivity contribution in [3.8, 4) is 28.6 Å². The molecule has 0 saturated carbocycles. The van der Waals surface area contributed by atoms with Gasteiger partial charge in [-0.2, -0.15) is 9.97 Å². The zero-order chi connectivity index (χ0) is 28.7. The summed E-state index contributed by atoms with van der Waals surface area (Å²) in [7, 11) is 1.61. The highest BCUT2D eigenvalue weighted by molar-refractivity contribution is 5.83. The zero-order valence-electron chi connectivity index (χ0n) is 23.2. The van der Waals surface area contributed by atoms with E-state index < -0.39 is 0 Å². The van der Waals surface area contributed by atoms with Crippen LogP contribution in [0.5, 0.6) is 17.5 Å². The summed E-state index contributed by atoms with van der Waals surface area (Å²) in [5.74, 6) is 1.70. The number of imidazole rings is 1. The smallest absolute Gasteiger partial charge is 0.326 e. The fourth-order valence-electron chi connectivity index (χ4n) is 4.84. The molecule has 8 heteroatoms. The predicted octanol–water partition coefficient (Wildman–Crippen LogP) is 6.36. The fraction of sp³-hybridized carbons (Fsp3) is 0.147. The highest BCUT2D eigenvalue weighted by Gasteiger charge is 2.18. The van der Waals surface area contributed by atoms with Gasteiger partial charge in [0.05, 0.1) is 32.6 Å². The molecule has 0 unspecified atom stereocenters. The Balaban J connectivity index is 1.33. The molecule has 4 aromatic carbocycles. The number of aromatic nitrogens is 4. The molecule has 42 heavy (non-hydrogen) atoms. The summed E-state index contributed by atoms with van der Waals surface area (Å²) in [4.78, 5) is 14.1. The van der Waals surface area contributed by atoms with E-state index in [1.165, 1.54) is 5.56 Å². The molecule has 0 aliphatic rings. The average molecular weight is 558 g/mol. The van der Waals surface area contributed by atoms with Crippen LogP contribution in [0.25, 0.3) is 22.3 Å². The molecule has 0 bridgehead atoms. The highest BCUT2D eigenvalue weighted by Crippen LogP contribution is 2.28. The van der Waals surface area contributed by atoms with Crippen LogP contribution in [0, 0.1) is 0 Å². The van der Waals surface area contributed by atoms with Crippen LogP contribution >= 0.6 is 0 Å². The van der Waals surface area contributed by atoms with E-state index >= 15 is 0 Å². The lowest BCUT2D eigenvalue weighted by atomic mass is 10.0. The van der Waals surface area contributed by atoms with Crippen LogP contribution in [0.15, 0.2) is 116 Å². The molecule has 6 rings (SSSR count). The van der Waals surface area contributed by atoms with E-state index in [-0.39, 0.29) is 18.7 Å². The van der Waals surface area contributed by atoms with Gasteiger partial charge in [-0.15, -0.1) is 0 Å². The monoisotopic (exact) mass is 557 g/mol. The first-order valence-electron chi connectivity index (χ1n) is 13.8. The first-order valence-corrected chi connectivity index (χ1v) is 13.8. The maximum absolute atomic E-state index is 10.2. The molecule has 6 aromatic rings. The minimum absolute atomic E-state index is 0.0824. The summed E-state index contributed by atoms with van der Waals surface area (Å²) in [6, 6.07) is 36.0. The van der Waals surface area contributed by atoms with Crippen molar-refractivity contribution in [2.45, 2.75) is 19.0 Å². The van der Waals surface area contributed by atoms with Gasteiger partial charge in [0.2, 0.25) is 0 Å². The Morgan fingerprint density at radius 1 is 0.786 bits per heavy atom. The number of fused-ring (bicyclic) bond motifs is 1. The number of aliphatic hydroxyl groups excluding tert-OH is 1. The summed E-state index contributed by atoms with van der Waals surface area (Å²) >= 11 is 0. The second-order valence-electron chi connectivity index (χ2n) is 9.96. The van der Waals surface area contributed by atoms with E-state index in [1.54, 1.807) is 19.5 Å². The SMILES string of the molecule is COc1cccc(Oc2nc(N[C@H](CO)Cc3ccccc3)c3ncn(Cc4ccc(-c5ccccc5)cc4)c3n2)c1. The van der Waals surface area contributed by atoms with Gasteiger partial charge < -0.3 is 24.5 Å². The van der Waals surface area contributed by atoms with E-state index in [4.69, 9.17) is 14.5 Å². The molecule has 0 spiro atoms. The first-order chi connectivity index (χ1) is 20.7. The fourth-order valence-corrected chi connectivity index (χ4v) is 4.84. The third-order valence-electron chi connectivity index (χ3n) is 6.99. The number of hydrogen-bond donors (Lipinski definition) is 2. The summed E-state index contributed by atoms with van der Waals surface area (Å²) in [6.07, 6.45) is 2.37. The lowest BCUT2D eigenvalue weighted by Gasteiger charge is -2.18. The second kappa shape index (κ2) is 12.5. The number of benzene rings is 4. The van der Waals surface area contributed by atoms with Crippen molar-refractivity contribution in [3.05, 3.63) is 127 Å². The quantitative estimate of drug-likeness (QED) is 0.191. The lowest BCUT2D eigenvalue weighted by molar-refractivity contribution is 0.273. The number of rotatable bonds is 11. The van der Waals surface area contributed by atoms with Crippen LogP contribution in [0.1, 0.15) is 11.1 Å². The lowest BCUT2D eigenvalue weighted by Crippen LogP contribution is -2.27. The molecule has 8 nitrogen and oxygen atoms in total. The first kappa shape index (κ1) is 27.0. The maximum Gasteiger partial charge on any atom is 0.326 e. The molecule has 2 heterocycles. The minimum Gasteiger partial charge on any atom is -0.497 e. The Labute approximate surface area is 244 Å². The zero-order valence-corrected chi connectivity index (χ0v) is 23.2. The van der Waals surface area contributed by atoms with Crippen LogP contribution in [0.2, 0.25) is 0 Å². The minimum atomic E-state index is -0.286. The predicted molar refractivity (Wildman–Crippen MR) is 164 cm³/mol. The molecule has 210 valence electrons. The largest absolute Gasteiger partial charge is 0.497 e. The van der Waals surface area contributed by atoms with Gasteiger partial charge in [-0.05, 0) is 40.8 Å². The van der Waals surface area contributed by atoms with Crippen molar-refractivity contribution < 1.29 is 14.6 Å². The standard InChI is InChI=1S/C34H31N5O3/c1-41-29-13-8-14-30(20-29)42-34-37-32(36-28(22-40)19-24-9-4-2-5-10-24)31-33(38-34)39(23-35-31)21-25-15-17-27(18-16-25)26-11-6-3-7-12-26/h2-18,20,23,28,40H,19,21-22H2,1H3,(H,36,37,38)/t28-/m0/s1. The van der Waals surface area contributed by atoms with Crippen LogP contribution in [-0.2, 0) is 13.0 Å². The third kappa shape index (κ3) is 6.24. The van der Waals surface area contributed by atoms with Crippen LogP contribution in [0.3, 0.4) is 0 Å². The number of hydrogen-bond acceptors (Lipinski definition) is 7. The number of nitrogens with zero attached hydrogens (tertiary/aromatic N) is 4. The van der Waals surface area contributed by atoms with Crippen molar-refractivity contribution in [1.82, 2.24) is 19.5 Å². The molecule has 0 radical (unpaired) electrons. The maximum atomic E-state index is 10.2. The van der Waals surface area contributed by atoms with Crippen molar-refractivity contribution in [2.24, 2.45) is 0 Å². The summed E-state index contributed by atoms with van der Waals surface area (Å²) < 4.78 is 13.4. The van der Waals surface area contributed by atoms with E-state index in [0.29, 0.717) is 41.4 Å². The van der Waals surface area contributed by atoms with E-state index in [2.05, 4.69) is 51.7 Å². The van der Waals surface area contributed by atoms with Gasteiger partial charge in [0.1, 0.15) is 11.5 Å². The van der Waals surface area contributed by atoms with Gasteiger partial charge in [0.15, 0.2) is 17.0 Å². The van der Waals surface area contributed by atoms with Crippen LogP contribution in [0.4, 0.5) is 5.82 Å². The van der Waals surface area contributed by atoms with Crippen molar-refractivity contribution in [2.75, 3.05) is 19.0 Å².